The number of aliphatic carboxylic acids is 4. The molecule has 12 heteroatoms. The number of carboxylic acid groups (broad SMARTS) is 4. The Morgan fingerprint density at radius 3 is 0.727 bits per heavy atom. The number of carboxylic acids is 4. The van der Waals surface area contributed by atoms with Crippen LogP contribution in [0.4, 0.5) is 0 Å². The average Bonchev–Trinajstić information content (AvgIpc) is 2.13. The molecule has 0 bridgehead atoms. The molecule has 10 nitrogen and oxygen atoms in total. The van der Waals surface area contributed by atoms with Crippen LogP contribution in [0.2, 0.25) is 0 Å². The summed E-state index contributed by atoms with van der Waals surface area (Å²) < 4.78 is 0. The fourth-order valence-corrected chi connectivity index (χ4v) is 0. The van der Waals surface area contributed by atoms with Gasteiger partial charge in [0.05, 0.1) is 0 Å². The van der Waals surface area contributed by atoms with Crippen molar-refractivity contribution in [3.63, 3.8) is 0 Å². The van der Waals surface area contributed by atoms with Crippen molar-refractivity contribution >= 4 is 23.9 Å². The van der Waals surface area contributed by atoms with E-state index in [2.05, 4.69) is 0 Å². The summed E-state index contributed by atoms with van der Waals surface area (Å²) in [6.07, 6.45) is 0. The van der Waals surface area contributed by atoms with Crippen LogP contribution in [0.25, 0.3) is 0 Å². The molecule has 0 rings (SSSR count). The van der Waals surface area contributed by atoms with Crippen LogP contribution in [0.1, 0.15) is 29.1 Å². The van der Waals surface area contributed by atoms with Crippen molar-refractivity contribution in [3.05, 3.63) is 0 Å². The molecule has 0 fully saturated rings. The van der Waals surface area contributed by atoms with Crippen LogP contribution in [0, 0.1) is 0 Å². The quantitative estimate of drug-likeness (QED) is 0.240. The minimum Gasteiger partial charge on any atom is -1.00 e. The van der Waals surface area contributed by atoms with Gasteiger partial charge in [-0.15, -0.1) is 0 Å². The van der Waals surface area contributed by atoms with E-state index in [0.717, 1.165) is 27.7 Å². The van der Waals surface area contributed by atoms with E-state index < -0.39 is 23.9 Å². The minimum absolute atomic E-state index is 0. The average molecular weight is 396 g/mol. The predicted molar refractivity (Wildman–Crippen MR) is 72.5 cm³/mol. The summed E-state index contributed by atoms with van der Waals surface area (Å²) in [5.41, 5.74) is 9.81. The molecule has 8 N–H and O–H groups in total. The van der Waals surface area contributed by atoms with E-state index in [9.17, 15) is 0 Å². The second-order valence-electron chi connectivity index (χ2n) is 2.65. The summed E-state index contributed by atoms with van der Waals surface area (Å²) >= 11 is 0. The molecule has 0 aromatic heterocycles. The van der Waals surface area contributed by atoms with Gasteiger partial charge in [-0.05, 0) is 0 Å². The molecule has 0 aliphatic heterocycles. The van der Waals surface area contributed by atoms with Gasteiger partial charge in [-0.3, -0.25) is 19.2 Å². The van der Waals surface area contributed by atoms with Gasteiger partial charge in [-0.2, -0.15) is 0 Å². The molecule has 0 aromatic rings. The van der Waals surface area contributed by atoms with Gasteiger partial charge in [-0.1, -0.05) is 0 Å². The van der Waals surface area contributed by atoms with Crippen LogP contribution >= 0.6 is 0 Å². The Bertz CT molecular complexity index is 207. The Kier molecular flexibility index (Phi) is 84.0. The third kappa shape index (κ3) is 7850. The summed E-state index contributed by atoms with van der Waals surface area (Å²) in [6, 6.07) is 0. The fourth-order valence-electron chi connectivity index (χ4n) is 0. The molecular formula is C10H25FeKN2O8. The summed E-state index contributed by atoms with van der Waals surface area (Å²) in [6.45, 7) is 5.53. The molecular weight excluding hydrogens is 371 g/mol. The van der Waals surface area contributed by atoms with Crippen LogP contribution in [0.5, 0.6) is 0 Å². The third-order valence-electron chi connectivity index (χ3n) is 0.167. The van der Waals surface area contributed by atoms with E-state index in [-0.39, 0.29) is 69.9 Å². The first-order valence-electron chi connectivity index (χ1n) is 5.03. The Balaban J connectivity index is -0.0000000197. The summed E-state index contributed by atoms with van der Waals surface area (Å²) in [5, 5.41) is 29.7. The van der Waals surface area contributed by atoms with Gasteiger partial charge >= 0.3 is 51.4 Å². The summed E-state index contributed by atoms with van der Waals surface area (Å²) in [4.78, 5) is 36.0. The van der Waals surface area contributed by atoms with Gasteiger partial charge in [0.15, 0.2) is 0 Å². The Hall–Kier alpha value is -0.0442. The van der Waals surface area contributed by atoms with Gasteiger partial charge in [0.25, 0.3) is 23.9 Å². The number of nitrogens with two attached hydrogens (primary N) is 2. The van der Waals surface area contributed by atoms with Crippen molar-refractivity contribution < 1.29 is 109 Å². The molecule has 0 aliphatic rings. The van der Waals surface area contributed by atoms with Crippen molar-refractivity contribution in [1.29, 1.82) is 0 Å². The van der Waals surface area contributed by atoms with Crippen molar-refractivity contribution in [2.24, 2.45) is 11.5 Å². The van der Waals surface area contributed by atoms with Gasteiger partial charge in [0.1, 0.15) is 0 Å². The maximum atomic E-state index is 9.00. The fraction of sp³-hybridized carbons (Fsp3) is 0.600. The van der Waals surface area contributed by atoms with E-state index in [1.54, 1.807) is 0 Å². The molecule has 0 saturated heterocycles. The zero-order chi connectivity index (χ0) is 17.7. The van der Waals surface area contributed by atoms with Crippen molar-refractivity contribution in [1.82, 2.24) is 0 Å². The number of hydrogen-bond donors (Lipinski definition) is 6. The smallest absolute Gasteiger partial charge is 1.00 e. The van der Waals surface area contributed by atoms with Crippen LogP contribution < -0.4 is 62.9 Å². The second kappa shape index (κ2) is 42.8. The molecule has 0 radical (unpaired) electrons. The number of rotatable bonds is 1. The zero-order valence-corrected chi connectivity index (χ0v) is 17.6. The van der Waals surface area contributed by atoms with Crippen LogP contribution in [-0.4, -0.2) is 57.4 Å². The monoisotopic (exact) mass is 396 g/mol. The van der Waals surface area contributed by atoms with Crippen molar-refractivity contribution in [2.75, 3.05) is 13.1 Å². The first kappa shape index (κ1) is 43.1. The van der Waals surface area contributed by atoms with Crippen LogP contribution in [0.15, 0.2) is 0 Å². The van der Waals surface area contributed by atoms with E-state index in [1.807, 2.05) is 0 Å². The molecule has 0 aromatic carbocycles. The van der Waals surface area contributed by atoms with Crippen LogP contribution in [0.3, 0.4) is 0 Å². The maximum absolute atomic E-state index is 9.00. The van der Waals surface area contributed by atoms with E-state index >= 15 is 0 Å². The number of hydrogen-bond acceptors (Lipinski definition) is 6. The largest absolute Gasteiger partial charge is 1.00 e. The first-order chi connectivity index (χ1) is 8.84. The minimum atomic E-state index is -0.833. The van der Waals surface area contributed by atoms with Gasteiger partial charge in [0.2, 0.25) is 0 Å². The van der Waals surface area contributed by atoms with Gasteiger partial charge < -0.3 is 33.3 Å². The Labute approximate surface area is 184 Å². The predicted octanol–water partition coefficient (Wildman–Crippen LogP) is -3.62. The standard InChI is InChI=1S/C2H8N2.4C2H4O2.Fe.K.H/c3-1-2-4;4*1-2(3)4;;;/h1-4H2;4*1H3,(H,3,4);;;/q;;;;;;+1;-1. The Morgan fingerprint density at radius 2 is 0.727 bits per heavy atom. The Morgan fingerprint density at radius 1 is 0.682 bits per heavy atom. The maximum Gasteiger partial charge on any atom is 1.00 e. The molecule has 0 heterocycles. The van der Waals surface area contributed by atoms with E-state index in [4.69, 9.17) is 51.1 Å². The molecule has 0 atom stereocenters. The molecule has 22 heavy (non-hydrogen) atoms. The van der Waals surface area contributed by atoms with Crippen molar-refractivity contribution in [2.45, 2.75) is 27.7 Å². The molecule has 0 saturated carbocycles. The van der Waals surface area contributed by atoms with Crippen LogP contribution in [-0.2, 0) is 36.2 Å². The summed E-state index contributed by atoms with van der Waals surface area (Å²) in [5.74, 6) is -3.33. The summed E-state index contributed by atoms with van der Waals surface area (Å²) in [7, 11) is 0. The SMILES string of the molecule is CC(=O)O.CC(=O)O.CC(=O)O.CC(=O)O.NCCN.[Fe].[H-].[K+]. The van der Waals surface area contributed by atoms with Gasteiger partial charge in [-0.25, -0.2) is 0 Å². The molecule has 0 unspecified atom stereocenters. The molecule has 0 aliphatic carbocycles. The van der Waals surface area contributed by atoms with E-state index in [0.29, 0.717) is 13.1 Å². The first-order valence-corrected chi connectivity index (χ1v) is 5.03. The molecule has 132 valence electrons. The number of carbonyl (C=O) groups is 4. The zero-order valence-electron chi connectivity index (χ0n) is 14.3. The third-order valence-corrected chi connectivity index (χ3v) is 0.167. The molecule has 0 spiro atoms. The normalized spacial score (nSPS) is 5.91. The second-order valence-corrected chi connectivity index (χ2v) is 2.65. The van der Waals surface area contributed by atoms with Gasteiger partial charge in [0, 0.05) is 57.9 Å². The molecule has 0 amide bonds. The van der Waals surface area contributed by atoms with E-state index in [1.165, 1.54) is 0 Å². The van der Waals surface area contributed by atoms with Crippen molar-refractivity contribution in [3.8, 4) is 0 Å². The topological polar surface area (TPSA) is 201 Å².